The molecule has 0 radical (unpaired) electrons. The van der Waals surface area contributed by atoms with Crippen LogP contribution in [0.3, 0.4) is 0 Å². The van der Waals surface area contributed by atoms with Gasteiger partial charge in [0.1, 0.15) is 11.9 Å². The van der Waals surface area contributed by atoms with Crippen molar-refractivity contribution in [2.75, 3.05) is 12.4 Å². The van der Waals surface area contributed by atoms with Gasteiger partial charge in [-0.05, 0) is 18.6 Å². The molecule has 0 saturated carbocycles. The Morgan fingerprint density at radius 1 is 1.15 bits per heavy atom. The molecule has 1 N–H and O–H groups in total. The summed E-state index contributed by atoms with van der Waals surface area (Å²) in [6.45, 7) is 1.29. The van der Waals surface area contributed by atoms with Gasteiger partial charge in [0.15, 0.2) is 12.2 Å². The van der Waals surface area contributed by atoms with Crippen LogP contribution in [0.5, 0.6) is 5.75 Å². The highest BCUT2D eigenvalue weighted by atomic mass is 35.5. The number of benzene rings is 2. The van der Waals surface area contributed by atoms with Gasteiger partial charge in [0.2, 0.25) is 0 Å². The van der Waals surface area contributed by atoms with Crippen LogP contribution < -0.4 is 27.0 Å². The minimum atomic E-state index is -0.0561. The van der Waals surface area contributed by atoms with E-state index in [0.29, 0.717) is 18.0 Å². The van der Waals surface area contributed by atoms with Gasteiger partial charge in [-0.15, -0.1) is 0 Å². The van der Waals surface area contributed by atoms with E-state index < -0.39 is 0 Å². The predicted octanol–water partition coefficient (Wildman–Crippen LogP) is 0.0401. The zero-order chi connectivity index (χ0) is 17.9. The Labute approximate surface area is 165 Å². The lowest BCUT2D eigenvalue weighted by Crippen LogP contribution is -3.00. The third kappa shape index (κ3) is 3.83. The lowest BCUT2D eigenvalue weighted by atomic mass is 10.2. The summed E-state index contributed by atoms with van der Waals surface area (Å²) < 4.78 is 9.70. The third-order valence-corrected chi connectivity index (χ3v) is 4.76. The molecule has 140 valence electrons. The Bertz CT molecular complexity index is 938. The maximum Gasteiger partial charge on any atom is 0.266 e. The highest BCUT2D eigenvalue weighted by molar-refractivity contribution is 5.91. The van der Waals surface area contributed by atoms with Gasteiger partial charge >= 0.3 is 0 Å². The average molecular weight is 384 g/mol. The SMILES string of the molecule is COc1ccccc1NC(=O)C[n+]1cc(-c2ccccc2)n2c1CCC2.[Cl-]. The number of carbonyl (C=O) groups excluding carboxylic acids is 1. The summed E-state index contributed by atoms with van der Waals surface area (Å²) in [4.78, 5) is 12.6. The summed E-state index contributed by atoms with van der Waals surface area (Å²) in [5.41, 5.74) is 3.04. The largest absolute Gasteiger partial charge is 1.00 e. The van der Waals surface area contributed by atoms with Crippen LogP contribution in [-0.4, -0.2) is 17.6 Å². The summed E-state index contributed by atoms with van der Waals surface area (Å²) >= 11 is 0. The molecule has 1 aliphatic heterocycles. The Morgan fingerprint density at radius 2 is 1.89 bits per heavy atom. The van der Waals surface area contributed by atoms with Crippen molar-refractivity contribution in [3.05, 3.63) is 66.6 Å². The molecule has 0 aliphatic carbocycles. The quantitative estimate of drug-likeness (QED) is 0.632. The number of amides is 1. The molecular formula is C21H22ClN3O2. The number of nitrogens with zero attached hydrogens (tertiary/aromatic N) is 2. The number of hydrogen-bond donors (Lipinski definition) is 1. The van der Waals surface area contributed by atoms with Crippen LogP contribution in [0.25, 0.3) is 11.3 Å². The molecule has 0 spiro atoms. The number of methoxy groups -OCH3 is 1. The molecule has 6 heteroatoms. The number of nitrogens with one attached hydrogen (secondary N) is 1. The number of ether oxygens (including phenoxy) is 1. The number of imidazole rings is 1. The van der Waals surface area contributed by atoms with E-state index in [-0.39, 0.29) is 18.3 Å². The first-order valence-electron chi connectivity index (χ1n) is 8.86. The molecule has 2 aromatic carbocycles. The molecule has 3 aromatic rings. The zero-order valence-electron chi connectivity index (χ0n) is 15.2. The molecule has 27 heavy (non-hydrogen) atoms. The van der Waals surface area contributed by atoms with Crippen LogP contribution in [0.1, 0.15) is 12.2 Å². The minimum Gasteiger partial charge on any atom is -1.00 e. The first-order chi connectivity index (χ1) is 12.8. The second-order valence-corrected chi connectivity index (χ2v) is 6.43. The summed E-state index contributed by atoms with van der Waals surface area (Å²) in [6.07, 6.45) is 4.20. The normalized spacial score (nSPS) is 12.2. The van der Waals surface area contributed by atoms with E-state index in [2.05, 4.69) is 32.8 Å². The summed E-state index contributed by atoms with van der Waals surface area (Å²) in [5, 5.41) is 2.96. The van der Waals surface area contributed by atoms with Crippen LogP contribution in [0, 0.1) is 0 Å². The fraction of sp³-hybridized carbons (Fsp3) is 0.238. The summed E-state index contributed by atoms with van der Waals surface area (Å²) in [7, 11) is 1.60. The molecular weight excluding hydrogens is 362 g/mol. The molecule has 1 aliphatic rings. The van der Waals surface area contributed by atoms with Gasteiger partial charge in [0.05, 0.1) is 25.8 Å². The molecule has 4 rings (SSSR count). The number of rotatable bonds is 5. The maximum absolute atomic E-state index is 12.6. The Kier molecular flexibility index (Phi) is 5.81. The van der Waals surface area contributed by atoms with Crippen LogP contribution >= 0.6 is 0 Å². The number of halogens is 1. The Balaban J connectivity index is 0.00000210. The highest BCUT2D eigenvalue weighted by Crippen LogP contribution is 2.25. The van der Waals surface area contributed by atoms with Crippen LogP contribution in [0.2, 0.25) is 0 Å². The number of para-hydroxylation sites is 2. The van der Waals surface area contributed by atoms with Crippen molar-refractivity contribution in [2.24, 2.45) is 0 Å². The van der Waals surface area contributed by atoms with Gasteiger partial charge < -0.3 is 22.5 Å². The lowest BCUT2D eigenvalue weighted by Gasteiger charge is -2.09. The van der Waals surface area contributed by atoms with Gasteiger partial charge in [-0.1, -0.05) is 42.5 Å². The van der Waals surface area contributed by atoms with Crippen LogP contribution in [0.4, 0.5) is 5.69 Å². The van der Waals surface area contributed by atoms with Crippen molar-refractivity contribution in [1.82, 2.24) is 4.57 Å². The first-order valence-corrected chi connectivity index (χ1v) is 8.86. The highest BCUT2D eigenvalue weighted by Gasteiger charge is 2.29. The monoisotopic (exact) mass is 383 g/mol. The van der Waals surface area contributed by atoms with E-state index in [4.69, 9.17) is 4.74 Å². The second-order valence-electron chi connectivity index (χ2n) is 6.43. The van der Waals surface area contributed by atoms with Crippen molar-refractivity contribution in [1.29, 1.82) is 0 Å². The van der Waals surface area contributed by atoms with Crippen LogP contribution in [-0.2, 0) is 24.3 Å². The van der Waals surface area contributed by atoms with E-state index in [1.54, 1.807) is 7.11 Å². The number of fused-ring (bicyclic) bond motifs is 1. The van der Waals surface area contributed by atoms with Crippen molar-refractivity contribution >= 4 is 11.6 Å². The predicted molar refractivity (Wildman–Crippen MR) is 100 cm³/mol. The number of aromatic nitrogens is 2. The standard InChI is InChI=1S/C21H21N3O2.ClH/c1-26-19-11-6-5-10-17(19)22-20(25)15-23-14-18(16-8-3-2-4-9-16)24-13-7-12-21(23)24;/h2-6,8-11,14H,7,12-13,15H2,1H3;1H. The Hall–Kier alpha value is -2.79. The van der Waals surface area contributed by atoms with Crippen molar-refractivity contribution in [3.63, 3.8) is 0 Å². The van der Waals surface area contributed by atoms with Crippen molar-refractivity contribution < 1.29 is 26.5 Å². The molecule has 1 amide bonds. The number of carbonyl (C=O) groups is 1. The van der Waals surface area contributed by atoms with Crippen LogP contribution in [0.15, 0.2) is 60.8 Å². The first kappa shape index (κ1) is 19.0. The molecule has 1 aromatic heterocycles. The molecule has 2 heterocycles. The van der Waals surface area contributed by atoms with Gasteiger partial charge in [-0.2, -0.15) is 0 Å². The second kappa shape index (κ2) is 8.27. The number of hydrogen-bond acceptors (Lipinski definition) is 2. The maximum atomic E-state index is 12.6. The minimum absolute atomic E-state index is 0. The van der Waals surface area contributed by atoms with E-state index in [1.165, 1.54) is 17.1 Å². The average Bonchev–Trinajstić information content (AvgIpc) is 3.27. The molecule has 0 saturated heterocycles. The van der Waals surface area contributed by atoms with Gasteiger partial charge in [0, 0.05) is 5.56 Å². The third-order valence-electron chi connectivity index (χ3n) is 4.76. The number of anilines is 1. The molecule has 0 bridgehead atoms. The molecule has 0 atom stereocenters. The van der Waals surface area contributed by atoms with Gasteiger partial charge in [-0.3, -0.25) is 4.79 Å². The smallest absolute Gasteiger partial charge is 0.266 e. The Morgan fingerprint density at radius 3 is 2.67 bits per heavy atom. The molecule has 0 unspecified atom stereocenters. The fourth-order valence-corrected chi connectivity index (χ4v) is 3.58. The van der Waals surface area contributed by atoms with E-state index >= 15 is 0 Å². The van der Waals surface area contributed by atoms with E-state index in [9.17, 15) is 4.79 Å². The summed E-state index contributed by atoms with van der Waals surface area (Å²) in [6, 6.07) is 17.8. The molecule has 5 nitrogen and oxygen atoms in total. The van der Waals surface area contributed by atoms with Gasteiger partial charge in [-0.25, -0.2) is 9.13 Å². The van der Waals surface area contributed by atoms with Crippen molar-refractivity contribution in [2.45, 2.75) is 25.9 Å². The molecule has 0 fully saturated rings. The summed E-state index contributed by atoms with van der Waals surface area (Å²) in [5.74, 6) is 1.82. The fourth-order valence-electron chi connectivity index (χ4n) is 3.58. The topological polar surface area (TPSA) is 47.1 Å². The van der Waals surface area contributed by atoms with E-state index in [1.807, 2.05) is 42.5 Å². The van der Waals surface area contributed by atoms with E-state index in [0.717, 1.165) is 19.4 Å². The lowest BCUT2D eigenvalue weighted by molar-refractivity contribution is -0.690. The van der Waals surface area contributed by atoms with Crippen molar-refractivity contribution in [3.8, 4) is 17.0 Å². The van der Waals surface area contributed by atoms with Gasteiger partial charge in [0.25, 0.3) is 11.7 Å². The zero-order valence-corrected chi connectivity index (χ0v) is 15.9.